The third-order valence-electron chi connectivity index (χ3n) is 5.51. The van der Waals surface area contributed by atoms with E-state index in [2.05, 4.69) is 19.1 Å². The first-order chi connectivity index (χ1) is 13.2. The van der Waals surface area contributed by atoms with E-state index in [0.29, 0.717) is 18.6 Å². The molecule has 0 unspecified atom stereocenters. The van der Waals surface area contributed by atoms with Crippen molar-refractivity contribution >= 4 is 11.8 Å². The molecule has 0 saturated heterocycles. The van der Waals surface area contributed by atoms with Crippen LogP contribution in [0.3, 0.4) is 0 Å². The van der Waals surface area contributed by atoms with E-state index < -0.39 is 5.97 Å². The number of Topliss-reactive ketones (excluding diaryl/α,β-unsaturated/α-hetero) is 1. The summed E-state index contributed by atoms with van der Waals surface area (Å²) in [7, 11) is 0. The molecular weight excluding hydrogens is 336 g/mol. The fourth-order valence-corrected chi connectivity index (χ4v) is 3.96. The number of esters is 1. The Kier molecular flexibility index (Phi) is 9.58. The number of carbonyl (C=O) groups is 2. The molecule has 0 aliphatic heterocycles. The first-order valence-electron chi connectivity index (χ1n) is 11.0. The van der Waals surface area contributed by atoms with E-state index in [9.17, 15) is 9.59 Å². The van der Waals surface area contributed by atoms with Crippen molar-refractivity contribution in [3.8, 4) is 0 Å². The maximum Gasteiger partial charge on any atom is 0.342 e. The van der Waals surface area contributed by atoms with Crippen LogP contribution in [0, 0.1) is 0 Å². The minimum atomic E-state index is -0.411. The number of rotatable bonds is 10. The molecule has 0 saturated carbocycles. The van der Waals surface area contributed by atoms with Gasteiger partial charge >= 0.3 is 5.97 Å². The van der Waals surface area contributed by atoms with E-state index in [1.165, 1.54) is 24.0 Å². The van der Waals surface area contributed by atoms with Crippen LogP contribution >= 0.6 is 0 Å². The van der Waals surface area contributed by atoms with Crippen molar-refractivity contribution < 1.29 is 14.3 Å². The predicted octanol–water partition coefficient (Wildman–Crippen LogP) is 6.39. The van der Waals surface area contributed by atoms with E-state index >= 15 is 0 Å². The second-order valence-electron chi connectivity index (χ2n) is 7.67. The molecule has 0 fully saturated rings. The van der Waals surface area contributed by atoms with E-state index in [4.69, 9.17) is 4.74 Å². The van der Waals surface area contributed by atoms with Crippen LogP contribution in [0.2, 0.25) is 0 Å². The van der Waals surface area contributed by atoms with Gasteiger partial charge in [-0.2, -0.15) is 0 Å². The quantitative estimate of drug-likeness (QED) is 0.147. The first-order valence-corrected chi connectivity index (χ1v) is 11.0. The number of hydrogen-bond acceptors (Lipinski definition) is 3. The molecule has 3 heteroatoms. The van der Waals surface area contributed by atoms with Gasteiger partial charge in [0, 0.05) is 6.42 Å². The Morgan fingerprint density at radius 3 is 2.00 bits per heavy atom. The summed E-state index contributed by atoms with van der Waals surface area (Å²) in [6, 6.07) is 0. The molecular formula is C24H36O3. The third kappa shape index (κ3) is 6.48. The lowest BCUT2D eigenvalue weighted by atomic mass is 9.81. The average molecular weight is 373 g/mol. The normalized spacial score (nSPS) is 17.0. The van der Waals surface area contributed by atoms with Crippen LogP contribution < -0.4 is 0 Å². The van der Waals surface area contributed by atoms with Crippen molar-refractivity contribution in [3.63, 3.8) is 0 Å². The fourth-order valence-electron chi connectivity index (χ4n) is 3.96. The second kappa shape index (κ2) is 11.9. The van der Waals surface area contributed by atoms with Crippen molar-refractivity contribution in [2.75, 3.05) is 6.61 Å². The maximum atomic E-state index is 12.9. The Morgan fingerprint density at radius 1 is 0.889 bits per heavy atom. The molecule has 150 valence electrons. The van der Waals surface area contributed by atoms with Crippen LogP contribution in [0.1, 0.15) is 97.3 Å². The summed E-state index contributed by atoms with van der Waals surface area (Å²) >= 11 is 0. The van der Waals surface area contributed by atoms with Gasteiger partial charge < -0.3 is 4.74 Å². The SMILES string of the molecule is CCCCCCOC(=O)C(C(=O)CC)=C(C1=CCCCC1)C1=CCCCC1. The molecule has 0 N–H and O–H groups in total. The lowest BCUT2D eigenvalue weighted by Crippen LogP contribution is -2.21. The Hall–Kier alpha value is -1.64. The molecule has 2 aliphatic carbocycles. The van der Waals surface area contributed by atoms with Gasteiger partial charge in [-0.1, -0.05) is 45.3 Å². The Morgan fingerprint density at radius 2 is 1.52 bits per heavy atom. The topological polar surface area (TPSA) is 43.4 Å². The molecule has 0 radical (unpaired) electrons. The highest BCUT2D eigenvalue weighted by atomic mass is 16.5. The van der Waals surface area contributed by atoms with Gasteiger partial charge in [0.15, 0.2) is 5.78 Å². The van der Waals surface area contributed by atoms with Crippen molar-refractivity contribution in [1.82, 2.24) is 0 Å². The first kappa shape index (κ1) is 21.7. The molecule has 0 bridgehead atoms. The number of carbonyl (C=O) groups excluding carboxylic acids is 2. The smallest absolute Gasteiger partial charge is 0.342 e. The molecule has 3 nitrogen and oxygen atoms in total. The van der Waals surface area contributed by atoms with Crippen LogP contribution in [0.4, 0.5) is 0 Å². The maximum absolute atomic E-state index is 12.9. The Balaban J connectivity index is 2.33. The predicted molar refractivity (Wildman–Crippen MR) is 111 cm³/mol. The van der Waals surface area contributed by atoms with E-state index in [-0.39, 0.29) is 5.78 Å². The highest BCUT2D eigenvalue weighted by Crippen LogP contribution is 2.36. The summed E-state index contributed by atoms with van der Waals surface area (Å²) in [5, 5.41) is 0. The number of allylic oxidation sites excluding steroid dienone is 5. The zero-order valence-corrected chi connectivity index (χ0v) is 17.3. The molecule has 0 aromatic rings. The van der Waals surface area contributed by atoms with E-state index in [0.717, 1.165) is 69.8 Å². The summed E-state index contributed by atoms with van der Waals surface area (Å²) in [4.78, 5) is 25.7. The molecule has 0 spiro atoms. The van der Waals surface area contributed by atoms with Crippen molar-refractivity contribution in [1.29, 1.82) is 0 Å². The minimum Gasteiger partial charge on any atom is -0.462 e. The molecule has 2 aliphatic rings. The molecule has 0 aromatic heterocycles. The zero-order chi connectivity index (χ0) is 19.5. The van der Waals surface area contributed by atoms with Gasteiger partial charge in [0.25, 0.3) is 0 Å². The minimum absolute atomic E-state index is 0.0819. The monoisotopic (exact) mass is 372 g/mol. The molecule has 0 atom stereocenters. The van der Waals surface area contributed by atoms with Crippen LogP contribution in [0.5, 0.6) is 0 Å². The lowest BCUT2D eigenvalue weighted by Gasteiger charge is -2.24. The van der Waals surface area contributed by atoms with E-state index in [1.807, 2.05) is 6.92 Å². The van der Waals surface area contributed by atoms with Gasteiger partial charge in [0.1, 0.15) is 5.57 Å². The van der Waals surface area contributed by atoms with Gasteiger partial charge in [-0.25, -0.2) is 4.79 Å². The van der Waals surface area contributed by atoms with Gasteiger partial charge in [-0.05, 0) is 74.5 Å². The van der Waals surface area contributed by atoms with E-state index in [1.54, 1.807) is 0 Å². The third-order valence-corrected chi connectivity index (χ3v) is 5.51. The van der Waals surface area contributed by atoms with Gasteiger partial charge in [0.05, 0.1) is 6.61 Å². The number of unbranched alkanes of at least 4 members (excludes halogenated alkanes) is 3. The largest absolute Gasteiger partial charge is 0.462 e. The van der Waals surface area contributed by atoms with Crippen LogP contribution in [-0.2, 0) is 14.3 Å². The molecule has 2 rings (SSSR count). The zero-order valence-electron chi connectivity index (χ0n) is 17.3. The van der Waals surface area contributed by atoms with Crippen LogP contribution in [0.15, 0.2) is 34.4 Å². The standard InChI is InChI=1S/C24H36O3/c1-3-5-6-13-18-27-24(26)23(21(25)4-2)22(19-14-9-7-10-15-19)20-16-11-8-12-17-20/h14,16H,3-13,15,17-18H2,1-2H3. The Labute approximate surface area is 164 Å². The molecule has 0 amide bonds. The van der Waals surface area contributed by atoms with Crippen LogP contribution in [-0.4, -0.2) is 18.4 Å². The summed E-state index contributed by atoms with van der Waals surface area (Å²) < 4.78 is 5.56. The Bertz CT molecular complexity index is 579. The lowest BCUT2D eigenvalue weighted by molar-refractivity contribution is -0.140. The van der Waals surface area contributed by atoms with Gasteiger partial charge in [-0.15, -0.1) is 0 Å². The highest BCUT2D eigenvalue weighted by Gasteiger charge is 2.28. The summed E-state index contributed by atoms with van der Waals surface area (Å²) in [6.45, 7) is 4.40. The highest BCUT2D eigenvalue weighted by molar-refractivity contribution is 6.19. The molecule has 0 heterocycles. The van der Waals surface area contributed by atoms with Gasteiger partial charge in [0.2, 0.25) is 0 Å². The second-order valence-corrected chi connectivity index (χ2v) is 7.67. The van der Waals surface area contributed by atoms with Gasteiger partial charge in [-0.3, -0.25) is 4.79 Å². The fraction of sp³-hybridized carbons (Fsp3) is 0.667. The number of ketones is 1. The molecule has 27 heavy (non-hydrogen) atoms. The molecule has 0 aromatic carbocycles. The summed E-state index contributed by atoms with van der Waals surface area (Å²) in [5.74, 6) is -0.493. The average Bonchev–Trinajstić information content (AvgIpc) is 2.72. The number of ether oxygens (including phenoxy) is 1. The van der Waals surface area contributed by atoms with Crippen molar-refractivity contribution in [2.24, 2.45) is 0 Å². The van der Waals surface area contributed by atoms with Crippen LogP contribution in [0.25, 0.3) is 0 Å². The number of hydrogen-bond donors (Lipinski definition) is 0. The van der Waals surface area contributed by atoms with Crippen molar-refractivity contribution in [2.45, 2.75) is 97.3 Å². The summed E-state index contributed by atoms with van der Waals surface area (Å²) in [5.41, 5.74) is 3.61. The summed E-state index contributed by atoms with van der Waals surface area (Å²) in [6.07, 6.45) is 17.7. The van der Waals surface area contributed by atoms with Crippen molar-refractivity contribution in [3.05, 3.63) is 34.4 Å².